The van der Waals surface area contributed by atoms with Gasteiger partial charge in [0.25, 0.3) is 0 Å². The van der Waals surface area contributed by atoms with E-state index in [0.717, 1.165) is 31.0 Å². The zero-order valence-corrected chi connectivity index (χ0v) is 14.5. The minimum Gasteiger partial charge on any atom is -0.381 e. The monoisotopic (exact) mass is 318 g/mol. The van der Waals surface area contributed by atoms with Gasteiger partial charge in [0.2, 0.25) is 5.91 Å². The van der Waals surface area contributed by atoms with Gasteiger partial charge in [-0.15, -0.1) is 5.10 Å². The molecule has 3 rings (SSSR count). The molecule has 126 valence electrons. The van der Waals surface area contributed by atoms with E-state index in [-0.39, 0.29) is 23.3 Å². The van der Waals surface area contributed by atoms with Crippen LogP contribution in [0.2, 0.25) is 0 Å². The minimum absolute atomic E-state index is 0.0129. The Balaban J connectivity index is 1.55. The predicted molar refractivity (Wildman–Crippen MR) is 88.4 cm³/mol. The Morgan fingerprint density at radius 2 is 2.04 bits per heavy atom. The summed E-state index contributed by atoms with van der Waals surface area (Å²) in [6, 6.07) is 4.32. The molecule has 6 heteroatoms. The Bertz CT molecular complexity index is 555. The molecule has 0 aromatic carbocycles. The molecule has 3 heterocycles. The van der Waals surface area contributed by atoms with Crippen molar-refractivity contribution in [3.63, 3.8) is 0 Å². The fourth-order valence-electron chi connectivity index (χ4n) is 2.98. The van der Waals surface area contributed by atoms with Gasteiger partial charge in [0.05, 0.1) is 24.3 Å². The van der Waals surface area contributed by atoms with E-state index < -0.39 is 0 Å². The summed E-state index contributed by atoms with van der Waals surface area (Å²) >= 11 is 0. The molecule has 23 heavy (non-hydrogen) atoms. The number of rotatable bonds is 3. The van der Waals surface area contributed by atoms with Crippen LogP contribution in [0.25, 0.3) is 0 Å². The highest BCUT2D eigenvalue weighted by atomic mass is 16.5. The van der Waals surface area contributed by atoms with Gasteiger partial charge in [0.1, 0.15) is 0 Å². The molecular formula is C17H26N4O2. The van der Waals surface area contributed by atoms with E-state index in [1.54, 1.807) is 0 Å². The SMILES string of the molecule is CN(C(=O)C1CCOC1)C1CN(c2ccc(C(C)(C)C)nn2)C1. The molecule has 0 spiro atoms. The molecule has 0 bridgehead atoms. The number of carbonyl (C=O) groups excluding carboxylic acids is 1. The normalized spacial score (nSPS) is 22.1. The Kier molecular flexibility index (Phi) is 4.27. The van der Waals surface area contributed by atoms with Gasteiger partial charge in [-0.25, -0.2) is 0 Å². The summed E-state index contributed by atoms with van der Waals surface area (Å²) in [5.41, 5.74) is 1.01. The first-order chi connectivity index (χ1) is 10.9. The highest BCUT2D eigenvalue weighted by Gasteiger charge is 2.36. The lowest BCUT2D eigenvalue weighted by molar-refractivity contribution is -0.136. The van der Waals surface area contributed by atoms with Crippen LogP contribution in [0.3, 0.4) is 0 Å². The Labute approximate surface area is 137 Å². The number of anilines is 1. The van der Waals surface area contributed by atoms with Crippen molar-refractivity contribution >= 4 is 11.7 Å². The first-order valence-corrected chi connectivity index (χ1v) is 8.30. The molecule has 1 atom stereocenters. The number of ether oxygens (including phenoxy) is 1. The van der Waals surface area contributed by atoms with E-state index in [9.17, 15) is 4.79 Å². The van der Waals surface area contributed by atoms with E-state index in [0.29, 0.717) is 13.2 Å². The number of nitrogens with zero attached hydrogens (tertiary/aromatic N) is 4. The van der Waals surface area contributed by atoms with Crippen molar-refractivity contribution < 1.29 is 9.53 Å². The number of carbonyl (C=O) groups is 1. The maximum absolute atomic E-state index is 12.4. The van der Waals surface area contributed by atoms with Gasteiger partial charge in [-0.1, -0.05) is 20.8 Å². The Morgan fingerprint density at radius 3 is 2.57 bits per heavy atom. The van der Waals surface area contributed by atoms with Crippen molar-refractivity contribution in [1.29, 1.82) is 0 Å². The fourth-order valence-corrected chi connectivity index (χ4v) is 2.98. The predicted octanol–water partition coefficient (Wildman–Crippen LogP) is 1.46. The van der Waals surface area contributed by atoms with Crippen molar-refractivity contribution in [2.45, 2.75) is 38.6 Å². The van der Waals surface area contributed by atoms with E-state index in [1.165, 1.54) is 0 Å². The zero-order chi connectivity index (χ0) is 16.6. The molecule has 2 fully saturated rings. The van der Waals surface area contributed by atoms with Crippen LogP contribution in [0, 0.1) is 5.92 Å². The van der Waals surface area contributed by atoms with E-state index in [2.05, 4.69) is 35.9 Å². The van der Waals surface area contributed by atoms with Crippen molar-refractivity contribution in [2.24, 2.45) is 5.92 Å². The van der Waals surface area contributed by atoms with Crippen molar-refractivity contribution in [3.05, 3.63) is 17.8 Å². The molecule has 0 radical (unpaired) electrons. The Morgan fingerprint density at radius 1 is 1.30 bits per heavy atom. The van der Waals surface area contributed by atoms with Crippen molar-refractivity contribution in [3.8, 4) is 0 Å². The summed E-state index contributed by atoms with van der Waals surface area (Å²) in [6.07, 6.45) is 0.847. The largest absolute Gasteiger partial charge is 0.381 e. The third-order valence-electron chi connectivity index (χ3n) is 4.78. The molecule has 1 amide bonds. The number of aromatic nitrogens is 2. The summed E-state index contributed by atoms with van der Waals surface area (Å²) in [4.78, 5) is 16.4. The number of likely N-dealkylation sites (N-methyl/N-ethyl adjacent to an activating group) is 1. The molecular weight excluding hydrogens is 292 g/mol. The molecule has 0 saturated carbocycles. The summed E-state index contributed by atoms with van der Waals surface area (Å²) in [6.45, 7) is 9.30. The smallest absolute Gasteiger partial charge is 0.228 e. The topological polar surface area (TPSA) is 58.6 Å². The van der Waals surface area contributed by atoms with Crippen LogP contribution in [0.1, 0.15) is 32.9 Å². The number of hydrogen-bond donors (Lipinski definition) is 0. The minimum atomic E-state index is 0.0129. The van der Waals surface area contributed by atoms with Gasteiger partial charge >= 0.3 is 0 Å². The Hall–Kier alpha value is -1.69. The van der Waals surface area contributed by atoms with Crippen LogP contribution in [-0.4, -0.2) is 60.4 Å². The first-order valence-electron chi connectivity index (χ1n) is 8.30. The van der Waals surface area contributed by atoms with Crippen LogP contribution in [0.15, 0.2) is 12.1 Å². The van der Waals surface area contributed by atoms with Gasteiger partial charge in [-0.3, -0.25) is 4.79 Å². The average molecular weight is 318 g/mol. The molecule has 2 saturated heterocycles. The van der Waals surface area contributed by atoms with E-state index in [1.807, 2.05) is 24.1 Å². The summed E-state index contributed by atoms with van der Waals surface area (Å²) in [7, 11) is 1.90. The highest BCUT2D eigenvalue weighted by molar-refractivity contribution is 5.79. The first kappa shape index (κ1) is 16.2. The number of amides is 1. The second-order valence-corrected chi connectivity index (χ2v) is 7.60. The molecule has 0 aliphatic carbocycles. The molecule has 2 aliphatic heterocycles. The summed E-state index contributed by atoms with van der Waals surface area (Å²) in [5.74, 6) is 1.14. The van der Waals surface area contributed by atoms with Crippen LogP contribution in [-0.2, 0) is 14.9 Å². The third-order valence-corrected chi connectivity index (χ3v) is 4.78. The third kappa shape index (κ3) is 3.32. The fraction of sp³-hybridized carbons (Fsp3) is 0.706. The van der Waals surface area contributed by atoms with Crippen LogP contribution in [0.4, 0.5) is 5.82 Å². The quantitative estimate of drug-likeness (QED) is 0.844. The number of hydrogen-bond acceptors (Lipinski definition) is 5. The van der Waals surface area contributed by atoms with Crippen molar-refractivity contribution in [2.75, 3.05) is 38.3 Å². The lowest BCUT2D eigenvalue weighted by Crippen LogP contribution is -2.61. The second-order valence-electron chi connectivity index (χ2n) is 7.60. The van der Waals surface area contributed by atoms with Gasteiger partial charge < -0.3 is 14.5 Å². The molecule has 2 aliphatic rings. The molecule has 1 aromatic heterocycles. The summed E-state index contributed by atoms with van der Waals surface area (Å²) < 4.78 is 5.31. The highest BCUT2D eigenvalue weighted by Crippen LogP contribution is 2.25. The van der Waals surface area contributed by atoms with Gasteiger partial charge in [-0.2, -0.15) is 5.10 Å². The van der Waals surface area contributed by atoms with Crippen molar-refractivity contribution in [1.82, 2.24) is 15.1 Å². The van der Waals surface area contributed by atoms with Gasteiger partial charge in [0.15, 0.2) is 5.82 Å². The van der Waals surface area contributed by atoms with Gasteiger partial charge in [0, 0.05) is 32.2 Å². The standard InChI is InChI=1S/C17H26N4O2/c1-17(2,3)14-5-6-15(19-18-14)21-9-13(10-21)20(4)16(22)12-7-8-23-11-12/h5-6,12-13H,7-11H2,1-4H3. The van der Waals surface area contributed by atoms with Gasteiger partial charge in [-0.05, 0) is 18.6 Å². The molecule has 6 nitrogen and oxygen atoms in total. The molecule has 1 unspecified atom stereocenters. The zero-order valence-electron chi connectivity index (χ0n) is 14.5. The molecule has 1 aromatic rings. The van der Waals surface area contributed by atoms with E-state index in [4.69, 9.17) is 4.74 Å². The second kappa shape index (κ2) is 6.07. The van der Waals surface area contributed by atoms with Crippen LogP contribution in [0.5, 0.6) is 0 Å². The lowest BCUT2D eigenvalue weighted by atomic mass is 9.92. The average Bonchev–Trinajstić information content (AvgIpc) is 2.98. The maximum atomic E-state index is 12.4. The maximum Gasteiger partial charge on any atom is 0.228 e. The van der Waals surface area contributed by atoms with E-state index >= 15 is 0 Å². The van der Waals surface area contributed by atoms with Crippen LogP contribution >= 0.6 is 0 Å². The van der Waals surface area contributed by atoms with Crippen LogP contribution < -0.4 is 4.90 Å². The lowest BCUT2D eigenvalue weighted by Gasteiger charge is -2.45. The summed E-state index contributed by atoms with van der Waals surface area (Å²) in [5, 5.41) is 8.67. The molecule has 0 N–H and O–H groups in total.